The molecule has 1 fully saturated rings. The Kier molecular flexibility index (Phi) is 6.47. The van der Waals surface area contributed by atoms with E-state index in [2.05, 4.69) is 10.3 Å². The summed E-state index contributed by atoms with van der Waals surface area (Å²) in [6, 6.07) is 17.0. The molecule has 0 bridgehead atoms. The Hall–Kier alpha value is -4.67. The Bertz CT molecular complexity index is 1430. The smallest absolute Gasteiger partial charge is 0.330 e. The molecule has 2 heterocycles. The largest absolute Gasteiger partial charge is 0.383 e. The summed E-state index contributed by atoms with van der Waals surface area (Å²) in [5.41, 5.74) is 4.39. The number of hydrogen-bond acceptors (Lipinski definition) is 6. The van der Waals surface area contributed by atoms with Crippen molar-refractivity contribution in [2.75, 3.05) is 24.2 Å². The Morgan fingerprint density at radius 1 is 1.00 bits per heavy atom. The highest BCUT2D eigenvalue weighted by Crippen LogP contribution is 2.32. The molecule has 4 rings (SSSR count). The molecule has 0 radical (unpaired) electrons. The van der Waals surface area contributed by atoms with Crippen LogP contribution < -0.4 is 27.2 Å². The summed E-state index contributed by atoms with van der Waals surface area (Å²) in [4.78, 5) is 68.2. The second kappa shape index (κ2) is 9.53. The number of urea groups is 1. The van der Waals surface area contributed by atoms with Gasteiger partial charge < -0.3 is 16.0 Å². The topological polar surface area (TPSA) is 151 Å². The van der Waals surface area contributed by atoms with Crippen molar-refractivity contribution in [2.24, 2.45) is 0 Å². The van der Waals surface area contributed by atoms with Gasteiger partial charge in [0.05, 0.1) is 6.54 Å². The molecule has 186 valence electrons. The number of hydrogen-bond donors (Lipinski definition) is 3. The van der Waals surface area contributed by atoms with Gasteiger partial charge in [-0.1, -0.05) is 67.6 Å². The van der Waals surface area contributed by atoms with Crippen LogP contribution in [0.25, 0.3) is 0 Å². The first-order chi connectivity index (χ1) is 17.2. The maximum absolute atomic E-state index is 13.3. The van der Waals surface area contributed by atoms with Gasteiger partial charge in [-0.05, 0) is 17.5 Å². The van der Waals surface area contributed by atoms with Gasteiger partial charge >= 0.3 is 11.7 Å². The second-order valence-electron chi connectivity index (χ2n) is 8.46. The lowest BCUT2D eigenvalue weighted by molar-refractivity contribution is -0.134. The molecule has 11 nitrogen and oxygen atoms in total. The summed E-state index contributed by atoms with van der Waals surface area (Å²) >= 11 is 0. The normalized spacial score (nSPS) is 17.2. The van der Waals surface area contributed by atoms with Crippen LogP contribution >= 0.6 is 0 Å². The molecule has 1 aliphatic heterocycles. The number of likely N-dealkylation sites (N-methyl/N-ethyl adjacent to an activating group) is 1. The fourth-order valence-electron chi connectivity index (χ4n) is 4.32. The van der Waals surface area contributed by atoms with Crippen LogP contribution in [0, 0.1) is 0 Å². The van der Waals surface area contributed by atoms with Gasteiger partial charge in [-0.15, -0.1) is 0 Å². The number of nitrogen functional groups attached to an aromatic ring is 1. The van der Waals surface area contributed by atoms with Crippen molar-refractivity contribution in [1.29, 1.82) is 0 Å². The number of aromatic nitrogens is 2. The van der Waals surface area contributed by atoms with Gasteiger partial charge in [0.1, 0.15) is 17.9 Å². The van der Waals surface area contributed by atoms with Crippen molar-refractivity contribution in [3.63, 3.8) is 0 Å². The Balaban J connectivity index is 1.61. The quantitative estimate of drug-likeness (QED) is 0.420. The second-order valence-corrected chi connectivity index (χ2v) is 8.46. The van der Waals surface area contributed by atoms with E-state index in [1.807, 2.05) is 6.07 Å². The van der Waals surface area contributed by atoms with Gasteiger partial charge in [-0.2, -0.15) is 0 Å². The third kappa shape index (κ3) is 4.15. The molecule has 36 heavy (non-hydrogen) atoms. The van der Waals surface area contributed by atoms with E-state index in [-0.39, 0.29) is 24.5 Å². The van der Waals surface area contributed by atoms with E-state index >= 15 is 0 Å². The predicted molar refractivity (Wildman–Crippen MR) is 133 cm³/mol. The molecule has 0 saturated carbocycles. The van der Waals surface area contributed by atoms with Crippen LogP contribution in [0.4, 0.5) is 16.3 Å². The molecule has 2 aromatic carbocycles. The minimum Gasteiger partial charge on any atom is -0.383 e. The van der Waals surface area contributed by atoms with Crippen LogP contribution in [-0.4, -0.2) is 45.9 Å². The molecule has 1 atom stereocenters. The summed E-state index contributed by atoms with van der Waals surface area (Å²) in [5, 5.41) is 2.71. The maximum atomic E-state index is 13.3. The average Bonchev–Trinajstić information content (AvgIpc) is 3.12. The third-order valence-corrected chi connectivity index (χ3v) is 6.37. The first kappa shape index (κ1) is 24.5. The molecule has 3 aromatic rings. The lowest BCUT2D eigenvalue weighted by Crippen LogP contribution is -2.46. The zero-order valence-corrected chi connectivity index (χ0v) is 19.9. The first-order valence-corrected chi connectivity index (χ1v) is 11.3. The summed E-state index contributed by atoms with van der Waals surface area (Å²) in [7, 11) is 1.29. The van der Waals surface area contributed by atoms with Crippen molar-refractivity contribution in [2.45, 2.75) is 25.4 Å². The standard InChI is InChI=1S/C25H26N6O5/c1-3-25(17-12-8-5-9-13-17)22(34)31(24(36)28-25)15-18(32)29(2)19-20(26)30(23(35)27-21(19)33)14-16-10-6-4-7-11-16/h4-13H,3,14-15,26H2,1-2H3,(H,28,36)(H,27,33,35). The number of anilines is 2. The van der Waals surface area contributed by atoms with Crippen molar-refractivity contribution >= 4 is 29.4 Å². The Morgan fingerprint density at radius 2 is 1.61 bits per heavy atom. The van der Waals surface area contributed by atoms with Crippen molar-refractivity contribution < 1.29 is 14.4 Å². The van der Waals surface area contributed by atoms with E-state index in [1.54, 1.807) is 61.5 Å². The van der Waals surface area contributed by atoms with E-state index < -0.39 is 41.2 Å². The number of nitrogens with zero attached hydrogens (tertiary/aromatic N) is 3. The Morgan fingerprint density at radius 3 is 2.22 bits per heavy atom. The van der Waals surface area contributed by atoms with Gasteiger partial charge in [0.25, 0.3) is 11.5 Å². The monoisotopic (exact) mass is 490 g/mol. The number of H-pyrrole nitrogens is 1. The van der Waals surface area contributed by atoms with Crippen molar-refractivity contribution in [3.05, 3.63) is 92.6 Å². The minimum absolute atomic E-state index is 0.0699. The molecule has 1 unspecified atom stereocenters. The fraction of sp³-hybridized carbons (Fsp3) is 0.240. The SMILES string of the molecule is CCC1(c2ccccc2)NC(=O)N(CC(=O)N(C)c2c(N)n(Cc3ccccc3)c(=O)[nH]c2=O)C1=O. The number of carbonyl (C=O) groups excluding carboxylic acids is 3. The molecule has 0 spiro atoms. The molecule has 4 N–H and O–H groups in total. The molecular weight excluding hydrogens is 464 g/mol. The summed E-state index contributed by atoms with van der Waals surface area (Å²) < 4.78 is 1.14. The number of aromatic amines is 1. The molecule has 1 saturated heterocycles. The lowest BCUT2D eigenvalue weighted by Gasteiger charge is -2.26. The first-order valence-electron chi connectivity index (χ1n) is 11.3. The highest BCUT2D eigenvalue weighted by molar-refractivity contribution is 6.10. The highest BCUT2D eigenvalue weighted by Gasteiger charge is 2.51. The van der Waals surface area contributed by atoms with Crippen molar-refractivity contribution in [3.8, 4) is 0 Å². The maximum Gasteiger partial charge on any atom is 0.330 e. The van der Waals surface area contributed by atoms with Gasteiger partial charge in [-0.3, -0.25) is 28.8 Å². The van der Waals surface area contributed by atoms with E-state index in [1.165, 1.54) is 7.05 Å². The third-order valence-electron chi connectivity index (χ3n) is 6.37. The summed E-state index contributed by atoms with van der Waals surface area (Å²) in [6.07, 6.45) is 0.277. The zero-order chi connectivity index (χ0) is 26.0. The van der Waals surface area contributed by atoms with Gasteiger partial charge in [0.2, 0.25) is 5.91 Å². The predicted octanol–water partition coefficient (Wildman–Crippen LogP) is 0.987. The van der Waals surface area contributed by atoms with E-state index in [9.17, 15) is 24.0 Å². The molecule has 4 amide bonds. The number of amides is 4. The minimum atomic E-state index is -1.30. The number of imide groups is 1. The van der Waals surface area contributed by atoms with Crippen LogP contribution in [-0.2, 0) is 21.7 Å². The number of benzene rings is 2. The molecular formula is C25H26N6O5. The fourth-order valence-corrected chi connectivity index (χ4v) is 4.32. The van der Waals surface area contributed by atoms with E-state index in [0.29, 0.717) is 5.56 Å². The van der Waals surface area contributed by atoms with Gasteiger partial charge in [-0.25, -0.2) is 9.59 Å². The molecule has 1 aromatic heterocycles. The lowest BCUT2D eigenvalue weighted by atomic mass is 9.87. The van der Waals surface area contributed by atoms with Crippen LogP contribution in [0.2, 0.25) is 0 Å². The molecule has 1 aliphatic rings. The zero-order valence-electron chi connectivity index (χ0n) is 19.9. The summed E-state index contributed by atoms with van der Waals surface area (Å²) in [5.74, 6) is -1.52. The number of nitrogens with two attached hydrogens (primary N) is 1. The van der Waals surface area contributed by atoms with Crippen LogP contribution in [0.15, 0.2) is 70.3 Å². The van der Waals surface area contributed by atoms with E-state index in [0.717, 1.165) is 19.9 Å². The van der Waals surface area contributed by atoms with Gasteiger partial charge in [0, 0.05) is 7.05 Å². The highest BCUT2D eigenvalue weighted by atomic mass is 16.2. The van der Waals surface area contributed by atoms with Gasteiger partial charge in [0.15, 0.2) is 5.69 Å². The van der Waals surface area contributed by atoms with Crippen LogP contribution in [0.3, 0.4) is 0 Å². The van der Waals surface area contributed by atoms with Crippen LogP contribution in [0.1, 0.15) is 24.5 Å². The van der Waals surface area contributed by atoms with Crippen LogP contribution in [0.5, 0.6) is 0 Å². The molecule has 0 aliphatic carbocycles. The Labute approximate surface area is 206 Å². The number of rotatable bonds is 7. The average molecular weight is 491 g/mol. The molecule has 11 heteroatoms. The summed E-state index contributed by atoms with van der Waals surface area (Å²) in [6.45, 7) is 1.21. The van der Waals surface area contributed by atoms with E-state index in [4.69, 9.17) is 5.73 Å². The number of carbonyl (C=O) groups is 3. The number of nitrogens with one attached hydrogen (secondary N) is 2. The van der Waals surface area contributed by atoms with Crippen molar-refractivity contribution in [1.82, 2.24) is 19.8 Å².